The Kier molecular flexibility index (Phi) is 3.94. The van der Waals surface area contributed by atoms with Gasteiger partial charge in [0.05, 0.1) is 17.5 Å². The predicted molar refractivity (Wildman–Crippen MR) is 89.3 cm³/mol. The number of carbonyl (C=O) groups excluding carboxylic acids is 1. The lowest BCUT2D eigenvalue weighted by atomic mass is 10.1. The number of hydrogen-bond donors (Lipinski definition) is 1. The molecule has 1 N–H and O–H groups in total. The van der Waals surface area contributed by atoms with Crippen LogP contribution in [0.1, 0.15) is 31.3 Å². The van der Waals surface area contributed by atoms with Gasteiger partial charge in [-0.3, -0.25) is 4.79 Å². The number of fused-ring (bicyclic) bond motifs is 1. The van der Waals surface area contributed by atoms with E-state index in [-0.39, 0.29) is 5.91 Å². The monoisotopic (exact) mass is 314 g/mol. The Labute approximate surface area is 133 Å². The lowest BCUT2D eigenvalue weighted by Crippen LogP contribution is -2.14. The third-order valence-electron chi connectivity index (χ3n) is 3.49. The van der Waals surface area contributed by atoms with Crippen LogP contribution in [0.4, 0.5) is 5.13 Å². The van der Waals surface area contributed by atoms with Gasteiger partial charge in [-0.15, -0.1) is 11.3 Å². The van der Waals surface area contributed by atoms with Crippen LogP contribution >= 0.6 is 11.3 Å². The first kappa shape index (κ1) is 14.7. The summed E-state index contributed by atoms with van der Waals surface area (Å²) in [6.45, 7) is 6.29. The summed E-state index contributed by atoms with van der Waals surface area (Å²) in [5.74, 6) is 0.934. The van der Waals surface area contributed by atoms with Gasteiger partial charge in [-0.1, -0.05) is 6.07 Å². The third-order valence-corrected chi connectivity index (χ3v) is 4.18. The molecule has 0 fully saturated rings. The van der Waals surface area contributed by atoms with Gasteiger partial charge in [0, 0.05) is 17.6 Å². The van der Waals surface area contributed by atoms with E-state index >= 15 is 0 Å². The van der Waals surface area contributed by atoms with E-state index in [0.29, 0.717) is 17.6 Å². The van der Waals surface area contributed by atoms with Crippen LogP contribution in [0.5, 0.6) is 0 Å². The van der Waals surface area contributed by atoms with E-state index < -0.39 is 0 Å². The summed E-state index contributed by atoms with van der Waals surface area (Å²) in [5, 5.41) is 5.26. The molecule has 3 aromatic rings. The van der Waals surface area contributed by atoms with Gasteiger partial charge in [-0.2, -0.15) is 0 Å². The number of imidazole rings is 1. The van der Waals surface area contributed by atoms with Gasteiger partial charge in [0.15, 0.2) is 5.13 Å². The molecule has 0 saturated carbocycles. The van der Waals surface area contributed by atoms with Crippen molar-refractivity contribution in [2.75, 3.05) is 5.32 Å². The Morgan fingerprint density at radius 1 is 1.41 bits per heavy atom. The molecule has 1 aromatic carbocycles. The third kappa shape index (κ3) is 2.87. The first-order chi connectivity index (χ1) is 10.5. The number of hydrogen-bond acceptors (Lipinski definition) is 4. The molecular weight excluding hydrogens is 296 g/mol. The van der Waals surface area contributed by atoms with E-state index in [4.69, 9.17) is 0 Å². The second-order valence-corrected chi connectivity index (χ2v) is 6.40. The number of aromatic nitrogens is 3. The average Bonchev–Trinajstić information content (AvgIpc) is 3.04. The number of nitrogens with zero attached hydrogens (tertiary/aromatic N) is 3. The number of rotatable bonds is 4. The van der Waals surface area contributed by atoms with Crippen LogP contribution in [-0.4, -0.2) is 20.4 Å². The maximum absolute atomic E-state index is 12.0. The Hall–Kier alpha value is -2.21. The van der Waals surface area contributed by atoms with Crippen molar-refractivity contribution in [3.8, 4) is 0 Å². The Morgan fingerprint density at radius 2 is 2.23 bits per heavy atom. The molecule has 0 saturated heterocycles. The minimum atomic E-state index is -0.0608. The van der Waals surface area contributed by atoms with Crippen molar-refractivity contribution in [2.45, 2.75) is 33.2 Å². The summed E-state index contributed by atoms with van der Waals surface area (Å²) in [6, 6.07) is 6.39. The van der Waals surface area contributed by atoms with Gasteiger partial charge >= 0.3 is 0 Å². The zero-order valence-electron chi connectivity index (χ0n) is 12.8. The number of nitrogens with one attached hydrogen (secondary N) is 1. The van der Waals surface area contributed by atoms with Crippen LogP contribution in [0.25, 0.3) is 11.0 Å². The molecule has 22 heavy (non-hydrogen) atoms. The SMILES string of the molecule is Cc1nc2cc(CC(=O)Nc3nccs3)ccc2n1C(C)C. The molecule has 0 spiro atoms. The van der Waals surface area contributed by atoms with Crippen molar-refractivity contribution < 1.29 is 4.79 Å². The molecule has 0 radical (unpaired) electrons. The van der Waals surface area contributed by atoms with Crippen molar-refractivity contribution in [1.82, 2.24) is 14.5 Å². The summed E-state index contributed by atoms with van der Waals surface area (Å²) in [7, 11) is 0. The predicted octanol–water partition coefficient (Wildman–Crippen LogP) is 3.56. The highest BCUT2D eigenvalue weighted by Crippen LogP contribution is 2.22. The molecule has 5 nitrogen and oxygen atoms in total. The Bertz CT molecular complexity index is 805. The molecular formula is C16H18N4OS. The van der Waals surface area contributed by atoms with Gasteiger partial charge in [0.2, 0.25) is 5.91 Å². The lowest BCUT2D eigenvalue weighted by Gasteiger charge is -2.10. The Morgan fingerprint density at radius 3 is 2.91 bits per heavy atom. The highest BCUT2D eigenvalue weighted by Gasteiger charge is 2.12. The molecule has 0 aliphatic rings. The molecule has 2 heterocycles. The second-order valence-electron chi connectivity index (χ2n) is 5.51. The second kappa shape index (κ2) is 5.88. The van der Waals surface area contributed by atoms with Crippen LogP contribution in [0.15, 0.2) is 29.8 Å². The standard InChI is InChI=1S/C16H18N4OS/c1-10(2)20-11(3)18-13-8-12(4-5-14(13)20)9-15(21)19-16-17-6-7-22-16/h4-8,10H,9H2,1-3H3,(H,17,19,21). The quantitative estimate of drug-likeness (QED) is 0.801. The molecule has 0 aliphatic heterocycles. The fourth-order valence-corrected chi connectivity index (χ4v) is 3.21. The van der Waals surface area contributed by atoms with Gasteiger partial charge in [-0.05, 0) is 38.5 Å². The minimum Gasteiger partial charge on any atom is -0.326 e. The molecule has 1 amide bonds. The van der Waals surface area contributed by atoms with E-state index in [1.54, 1.807) is 6.20 Å². The topological polar surface area (TPSA) is 59.8 Å². The molecule has 2 aromatic heterocycles. The van der Waals surface area contributed by atoms with Crippen LogP contribution in [0.2, 0.25) is 0 Å². The number of aryl methyl sites for hydroxylation is 1. The zero-order chi connectivity index (χ0) is 15.7. The van der Waals surface area contributed by atoms with Crippen molar-refractivity contribution >= 4 is 33.4 Å². The molecule has 0 atom stereocenters. The maximum Gasteiger partial charge on any atom is 0.230 e. The van der Waals surface area contributed by atoms with E-state index in [0.717, 1.165) is 22.4 Å². The highest BCUT2D eigenvalue weighted by atomic mass is 32.1. The van der Waals surface area contributed by atoms with E-state index in [2.05, 4.69) is 33.7 Å². The first-order valence-electron chi connectivity index (χ1n) is 7.21. The van der Waals surface area contributed by atoms with E-state index in [1.165, 1.54) is 11.3 Å². The number of thiazole rings is 1. The van der Waals surface area contributed by atoms with Crippen LogP contribution in [0, 0.1) is 6.92 Å². The van der Waals surface area contributed by atoms with Gasteiger partial charge in [0.1, 0.15) is 5.82 Å². The summed E-state index contributed by atoms with van der Waals surface area (Å²) in [4.78, 5) is 20.7. The smallest absolute Gasteiger partial charge is 0.230 e. The Balaban J connectivity index is 1.82. The van der Waals surface area contributed by atoms with E-state index in [1.807, 2.05) is 30.5 Å². The molecule has 114 valence electrons. The minimum absolute atomic E-state index is 0.0608. The maximum atomic E-state index is 12.0. The molecule has 3 rings (SSSR count). The van der Waals surface area contributed by atoms with Gasteiger partial charge < -0.3 is 9.88 Å². The summed E-state index contributed by atoms with van der Waals surface area (Å²) < 4.78 is 2.20. The number of amides is 1. The largest absolute Gasteiger partial charge is 0.326 e. The molecule has 6 heteroatoms. The van der Waals surface area contributed by atoms with Crippen LogP contribution < -0.4 is 5.32 Å². The van der Waals surface area contributed by atoms with Gasteiger partial charge in [-0.25, -0.2) is 9.97 Å². The van der Waals surface area contributed by atoms with Crippen molar-refractivity contribution in [3.05, 3.63) is 41.2 Å². The summed E-state index contributed by atoms with van der Waals surface area (Å²) >= 11 is 1.41. The molecule has 0 bridgehead atoms. The highest BCUT2D eigenvalue weighted by molar-refractivity contribution is 7.13. The molecule has 0 unspecified atom stereocenters. The van der Waals surface area contributed by atoms with Crippen LogP contribution in [-0.2, 0) is 11.2 Å². The fourth-order valence-electron chi connectivity index (χ4n) is 2.66. The summed E-state index contributed by atoms with van der Waals surface area (Å²) in [5.41, 5.74) is 3.00. The number of anilines is 1. The summed E-state index contributed by atoms with van der Waals surface area (Å²) in [6.07, 6.45) is 2.00. The van der Waals surface area contributed by atoms with E-state index in [9.17, 15) is 4.79 Å². The van der Waals surface area contributed by atoms with Gasteiger partial charge in [0.25, 0.3) is 0 Å². The lowest BCUT2D eigenvalue weighted by molar-refractivity contribution is -0.115. The fraction of sp³-hybridized carbons (Fsp3) is 0.312. The number of benzene rings is 1. The molecule has 0 aliphatic carbocycles. The normalized spacial score (nSPS) is 11.3. The number of carbonyl (C=O) groups is 1. The van der Waals surface area contributed by atoms with Crippen LogP contribution in [0.3, 0.4) is 0 Å². The van der Waals surface area contributed by atoms with Crippen molar-refractivity contribution in [3.63, 3.8) is 0 Å². The van der Waals surface area contributed by atoms with Crippen molar-refractivity contribution in [1.29, 1.82) is 0 Å². The first-order valence-corrected chi connectivity index (χ1v) is 8.09. The average molecular weight is 314 g/mol. The van der Waals surface area contributed by atoms with Crippen molar-refractivity contribution in [2.24, 2.45) is 0 Å². The zero-order valence-corrected chi connectivity index (χ0v) is 13.6.